The standard InChI is InChI=1S/C17H19N9/c1-4-14-15(18-5-1)24-17(20-9-13-26-11-3-7-22-26)16(23-14)19-8-12-25-10-2-6-21-25/h1-7,10-11H,8-9,12-13H2,(H,19,23)(H,18,20,24). The minimum Gasteiger partial charge on any atom is -0.365 e. The molecule has 0 radical (unpaired) electrons. The Labute approximate surface area is 150 Å². The molecule has 0 aliphatic carbocycles. The van der Waals surface area contributed by atoms with Gasteiger partial charge in [-0.15, -0.1) is 0 Å². The van der Waals surface area contributed by atoms with Crippen molar-refractivity contribution in [3.63, 3.8) is 0 Å². The van der Waals surface area contributed by atoms with Gasteiger partial charge in [0.15, 0.2) is 17.3 Å². The van der Waals surface area contributed by atoms with Crippen LogP contribution in [0.5, 0.6) is 0 Å². The molecule has 0 saturated heterocycles. The monoisotopic (exact) mass is 349 g/mol. The summed E-state index contributed by atoms with van der Waals surface area (Å²) < 4.78 is 3.73. The van der Waals surface area contributed by atoms with Gasteiger partial charge in [-0.05, 0) is 24.3 Å². The Hall–Kier alpha value is -3.49. The molecule has 4 rings (SSSR count). The van der Waals surface area contributed by atoms with Gasteiger partial charge in [0, 0.05) is 44.1 Å². The molecule has 132 valence electrons. The molecule has 26 heavy (non-hydrogen) atoms. The van der Waals surface area contributed by atoms with E-state index in [0.717, 1.165) is 18.6 Å². The average Bonchev–Trinajstić information content (AvgIpc) is 3.36. The highest BCUT2D eigenvalue weighted by atomic mass is 15.3. The van der Waals surface area contributed by atoms with E-state index in [0.29, 0.717) is 30.4 Å². The number of fused-ring (bicyclic) bond motifs is 1. The molecule has 0 aromatic carbocycles. The van der Waals surface area contributed by atoms with Crippen LogP contribution in [0.2, 0.25) is 0 Å². The van der Waals surface area contributed by atoms with Gasteiger partial charge < -0.3 is 10.6 Å². The van der Waals surface area contributed by atoms with Crippen LogP contribution in [0.15, 0.2) is 55.2 Å². The van der Waals surface area contributed by atoms with Gasteiger partial charge in [-0.2, -0.15) is 10.2 Å². The summed E-state index contributed by atoms with van der Waals surface area (Å²) in [5, 5.41) is 15.1. The van der Waals surface area contributed by atoms with E-state index < -0.39 is 0 Å². The minimum atomic E-state index is 0.617. The second-order valence-corrected chi connectivity index (χ2v) is 5.66. The normalized spacial score (nSPS) is 10.9. The predicted octanol–water partition coefficient (Wildman–Crippen LogP) is 1.64. The highest BCUT2D eigenvalue weighted by Crippen LogP contribution is 2.19. The number of nitrogens with one attached hydrogen (secondary N) is 2. The smallest absolute Gasteiger partial charge is 0.180 e. The third-order valence-corrected chi connectivity index (χ3v) is 3.83. The van der Waals surface area contributed by atoms with Gasteiger partial charge in [0.2, 0.25) is 0 Å². The Balaban J connectivity index is 1.48. The van der Waals surface area contributed by atoms with Crippen molar-refractivity contribution in [1.82, 2.24) is 34.5 Å². The lowest BCUT2D eigenvalue weighted by Gasteiger charge is -2.13. The van der Waals surface area contributed by atoms with E-state index in [1.807, 2.05) is 46.0 Å². The fourth-order valence-corrected chi connectivity index (χ4v) is 2.58. The topological polar surface area (TPSA) is 98.4 Å². The van der Waals surface area contributed by atoms with Crippen molar-refractivity contribution in [2.75, 3.05) is 23.7 Å². The summed E-state index contributed by atoms with van der Waals surface area (Å²) in [7, 11) is 0. The molecule has 2 N–H and O–H groups in total. The Bertz CT molecular complexity index is 869. The van der Waals surface area contributed by atoms with E-state index in [4.69, 9.17) is 0 Å². The highest BCUT2D eigenvalue weighted by molar-refractivity contribution is 5.76. The minimum absolute atomic E-state index is 0.617. The second-order valence-electron chi connectivity index (χ2n) is 5.66. The van der Waals surface area contributed by atoms with Crippen LogP contribution in [0, 0.1) is 0 Å². The van der Waals surface area contributed by atoms with E-state index >= 15 is 0 Å². The zero-order chi connectivity index (χ0) is 17.6. The predicted molar refractivity (Wildman–Crippen MR) is 98.8 cm³/mol. The molecular weight excluding hydrogens is 330 g/mol. The zero-order valence-electron chi connectivity index (χ0n) is 14.2. The number of nitrogens with zero attached hydrogens (tertiary/aromatic N) is 7. The molecular formula is C17H19N9. The largest absolute Gasteiger partial charge is 0.365 e. The van der Waals surface area contributed by atoms with Crippen LogP contribution in [0.1, 0.15) is 0 Å². The molecule has 0 saturated carbocycles. The summed E-state index contributed by atoms with van der Waals surface area (Å²) in [6, 6.07) is 7.57. The van der Waals surface area contributed by atoms with Crippen LogP contribution in [0.4, 0.5) is 11.6 Å². The fourth-order valence-electron chi connectivity index (χ4n) is 2.58. The highest BCUT2D eigenvalue weighted by Gasteiger charge is 2.09. The second kappa shape index (κ2) is 7.60. The van der Waals surface area contributed by atoms with Crippen molar-refractivity contribution in [2.45, 2.75) is 13.1 Å². The molecule has 9 nitrogen and oxygen atoms in total. The van der Waals surface area contributed by atoms with E-state index in [9.17, 15) is 0 Å². The molecule has 0 amide bonds. The first-order chi connectivity index (χ1) is 12.9. The molecule has 0 aliphatic heterocycles. The Morgan fingerprint density at radius 1 is 0.769 bits per heavy atom. The van der Waals surface area contributed by atoms with E-state index in [-0.39, 0.29) is 0 Å². The maximum atomic E-state index is 4.66. The molecule has 4 aromatic rings. The molecule has 9 heteroatoms. The molecule has 0 atom stereocenters. The quantitative estimate of drug-likeness (QED) is 0.499. The van der Waals surface area contributed by atoms with Crippen molar-refractivity contribution in [2.24, 2.45) is 0 Å². The summed E-state index contributed by atoms with van der Waals surface area (Å²) >= 11 is 0. The number of aromatic nitrogens is 7. The SMILES string of the molecule is c1cnc2nc(NCCn3cccn3)c(NCCn3cccn3)nc2c1. The third kappa shape index (κ3) is 3.77. The van der Waals surface area contributed by atoms with Gasteiger partial charge in [-0.25, -0.2) is 15.0 Å². The number of anilines is 2. The number of hydrogen-bond donors (Lipinski definition) is 2. The molecule has 0 spiro atoms. The molecule has 0 aliphatic rings. The molecule has 0 fully saturated rings. The fraction of sp³-hybridized carbons (Fsp3) is 0.235. The molecule has 4 aromatic heterocycles. The Kier molecular flexibility index (Phi) is 4.68. The number of hydrogen-bond acceptors (Lipinski definition) is 7. The van der Waals surface area contributed by atoms with Gasteiger partial charge >= 0.3 is 0 Å². The lowest BCUT2D eigenvalue weighted by atomic mass is 10.4. The van der Waals surface area contributed by atoms with Crippen molar-refractivity contribution >= 4 is 22.8 Å². The van der Waals surface area contributed by atoms with Gasteiger partial charge in [0.1, 0.15) is 5.52 Å². The average molecular weight is 349 g/mol. The van der Waals surface area contributed by atoms with Crippen LogP contribution in [-0.4, -0.2) is 47.6 Å². The lowest BCUT2D eigenvalue weighted by molar-refractivity contribution is 0.634. The summed E-state index contributed by atoms with van der Waals surface area (Å²) in [4.78, 5) is 13.6. The van der Waals surface area contributed by atoms with Gasteiger partial charge in [-0.1, -0.05) is 0 Å². The van der Waals surface area contributed by atoms with Crippen molar-refractivity contribution in [1.29, 1.82) is 0 Å². The summed E-state index contributed by atoms with van der Waals surface area (Å²) in [6.07, 6.45) is 9.11. The van der Waals surface area contributed by atoms with E-state index in [2.05, 4.69) is 35.8 Å². The van der Waals surface area contributed by atoms with Gasteiger partial charge in [0.05, 0.1) is 13.1 Å². The first kappa shape index (κ1) is 16.0. The Morgan fingerprint density at radius 2 is 1.42 bits per heavy atom. The molecule has 4 heterocycles. The first-order valence-corrected chi connectivity index (χ1v) is 8.44. The molecule has 0 bridgehead atoms. The summed E-state index contributed by atoms with van der Waals surface area (Å²) in [5.41, 5.74) is 1.37. The van der Waals surface area contributed by atoms with Crippen molar-refractivity contribution in [3.8, 4) is 0 Å². The zero-order valence-corrected chi connectivity index (χ0v) is 14.2. The first-order valence-electron chi connectivity index (χ1n) is 8.44. The van der Waals surface area contributed by atoms with E-state index in [1.54, 1.807) is 18.6 Å². The maximum Gasteiger partial charge on any atom is 0.180 e. The van der Waals surface area contributed by atoms with Crippen LogP contribution < -0.4 is 10.6 Å². The summed E-state index contributed by atoms with van der Waals surface area (Å²) in [5.74, 6) is 1.39. The van der Waals surface area contributed by atoms with Crippen LogP contribution in [-0.2, 0) is 13.1 Å². The number of pyridine rings is 1. The van der Waals surface area contributed by atoms with Crippen molar-refractivity contribution < 1.29 is 0 Å². The maximum absolute atomic E-state index is 4.66. The van der Waals surface area contributed by atoms with Gasteiger partial charge in [0.25, 0.3) is 0 Å². The Morgan fingerprint density at radius 3 is 2.04 bits per heavy atom. The van der Waals surface area contributed by atoms with Gasteiger partial charge in [-0.3, -0.25) is 9.36 Å². The summed E-state index contributed by atoms with van der Waals surface area (Å²) in [6.45, 7) is 2.85. The lowest BCUT2D eigenvalue weighted by Crippen LogP contribution is -2.16. The number of rotatable bonds is 8. The van der Waals surface area contributed by atoms with Crippen LogP contribution >= 0.6 is 0 Å². The third-order valence-electron chi connectivity index (χ3n) is 3.83. The molecule has 0 unspecified atom stereocenters. The van der Waals surface area contributed by atoms with E-state index in [1.165, 1.54) is 0 Å². The van der Waals surface area contributed by atoms with Crippen LogP contribution in [0.25, 0.3) is 11.2 Å². The van der Waals surface area contributed by atoms with Crippen LogP contribution in [0.3, 0.4) is 0 Å². The van der Waals surface area contributed by atoms with Crippen molar-refractivity contribution in [3.05, 3.63) is 55.2 Å².